The number of thiol groups is 1. The number of nitrogens with zero attached hydrogens (tertiary/aromatic N) is 1. The van der Waals surface area contributed by atoms with Crippen molar-refractivity contribution in [3.05, 3.63) is 48.5 Å². The Hall–Kier alpha value is -1.06. The highest BCUT2D eigenvalue weighted by Gasteiger charge is 1.99. The lowest BCUT2D eigenvalue weighted by Crippen LogP contribution is -2.07. The van der Waals surface area contributed by atoms with Crippen LogP contribution >= 0.6 is 24.4 Å². The molecule has 0 spiro atoms. The van der Waals surface area contributed by atoms with Gasteiger partial charge in [0.1, 0.15) is 0 Å². The van der Waals surface area contributed by atoms with Crippen LogP contribution in [0.3, 0.4) is 0 Å². The minimum atomic E-state index is 0.998. The summed E-state index contributed by atoms with van der Waals surface area (Å²) in [7, 11) is 4.10. The normalized spacial score (nSPS) is 10.3. The number of hydrogen-bond donors (Lipinski definition) is 1. The van der Waals surface area contributed by atoms with Crippen LogP contribution in [0.2, 0.25) is 0 Å². The van der Waals surface area contributed by atoms with Gasteiger partial charge in [-0.05, 0) is 48.5 Å². The topological polar surface area (TPSA) is 3.24 Å². The van der Waals surface area contributed by atoms with E-state index in [1.54, 1.807) is 11.8 Å². The number of benzene rings is 2. The predicted molar refractivity (Wildman–Crippen MR) is 78.6 cm³/mol. The molecule has 0 heterocycles. The van der Waals surface area contributed by atoms with Gasteiger partial charge in [0.25, 0.3) is 0 Å². The molecule has 0 aliphatic carbocycles. The Kier molecular flexibility index (Phi) is 4.02. The van der Waals surface area contributed by atoms with Gasteiger partial charge in [0.05, 0.1) is 0 Å². The molecule has 0 fully saturated rings. The molecule has 3 heteroatoms. The second-order valence-electron chi connectivity index (χ2n) is 3.98. The summed E-state index contributed by atoms with van der Waals surface area (Å²) in [5.74, 6) is 0. The molecule has 2 rings (SSSR count). The summed E-state index contributed by atoms with van der Waals surface area (Å²) in [6.07, 6.45) is 0. The lowest BCUT2D eigenvalue weighted by molar-refractivity contribution is 1.13. The van der Waals surface area contributed by atoms with Gasteiger partial charge in [-0.15, -0.1) is 12.6 Å². The first kappa shape index (κ1) is 12.4. The fourth-order valence-corrected chi connectivity index (χ4v) is 2.43. The first-order valence-corrected chi connectivity index (χ1v) is 6.66. The van der Waals surface area contributed by atoms with Crippen LogP contribution in [0.5, 0.6) is 0 Å². The molecule has 0 N–H and O–H groups in total. The molecule has 0 atom stereocenters. The maximum atomic E-state index is 4.28. The van der Waals surface area contributed by atoms with Crippen LogP contribution in [-0.2, 0) is 0 Å². The Balaban J connectivity index is 2.11. The molecule has 0 radical (unpaired) electrons. The van der Waals surface area contributed by atoms with E-state index < -0.39 is 0 Å². The quantitative estimate of drug-likeness (QED) is 0.825. The molecule has 0 bridgehead atoms. The van der Waals surface area contributed by atoms with Gasteiger partial charge in [0.15, 0.2) is 0 Å². The average Bonchev–Trinajstić information content (AvgIpc) is 2.33. The molecule has 2 aromatic carbocycles. The highest BCUT2D eigenvalue weighted by Crippen LogP contribution is 2.29. The van der Waals surface area contributed by atoms with Crippen molar-refractivity contribution < 1.29 is 0 Å². The van der Waals surface area contributed by atoms with E-state index in [2.05, 4.69) is 53.9 Å². The Labute approximate surface area is 112 Å². The molecule has 0 aromatic heterocycles. The maximum absolute atomic E-state index is 4.28. The van der Waals surface area contributed by atoms with Crippen LogP contribution in [-0.4, -0.2) is 14.1 Å². The van der Waals surface area contributed by atoms with E-state index in [0.717, 1.165) is 4.90 Å². The number of anilines is 1. The lowest BCUT2D eigenvalue weighted by Gasteiger charge is -2.12. The smallest absolute Gasteiger partial charge is 0.0361 e. The zero-order valence-corrected chi connectivity index (χ0v) is 11.6. The van der Waals surface area contributed by atoms with Crippen molar-refractivity contribution in [3.63, 3.8) is 0 Å². The van der Waals surface area contributed by atoms with E-state index in [0.29, 0.717) is 0 Å². The largest absolute Gasteiger partial charge is 0.378 e. The second-order valence-corrected chi connectivity index (χ2v) is 5.65. The highest BCUT2D eigenvalue weighted by atomic mass is 32.2. The fraction of sp³-hybridized carbons (Fsp3) is 0.143. The van der Waals surface area contributed by atoms with Crippen molar-refractivity contribution >= 4 is 30.1 Å². The highest BCUT2D eigenvalue weighted by molar-refractivity contribution is 7.99. The minimum absolute atomic E-state index is 0.998. The summed E-state index contributed by atoms with van der Waals surface area (Å²) in [5, 5.41) is 0. The Morgan fingerprint density at radius 2 is 1.29 bits per heavy atom. The summed E-state index contributed by atoms with van der Waals surface area (Å²) < 4.78 is 0. The molecule has 0 unspecified atom stereocenters. The summed E-state index contributed by atoms with van der Waals surface area (Å²) in [4.78, 5) is 5.59. The van der Waals surface area contributed by atoms with E-state index in [4.69, 9.17) is 0 Å². The number of hydrogen-bond acceptors (Lipinski definition) is 3. The average molecular weight is 261 g/mol. The third kappa shape index (κ3) is 3.45. The molecular formula is C14H15NS2. The van der Waals surface area contributed by atoms with Gasteiger partial charge in [-0.2, -0.15) is 0 Å². The molecule has 17 heavy (non-hydrogen) atoms. The van der Waals surface area contributed by atoms with E-state index in [-0.39, 0.29) is 0 Å². The Morgan fingerprint density at radius 3 is 1.76 bits per heavy atom. The standard InChI is InChI=1S/C14H15NS2/c1-15(2)11-3-7-13(8-4-11)17-14-9-5-12(16)6-10-14/h3-10,16H,1-2H3. The van der Waals surface area contributed by atoms with Crippen molar-refractivity contribution in [1.29, 1.82) is 0 Å². The minimum Gasteiger partial charge on any atom is -0.378 e. The van der Waals surface area contributed by atoms with Crippen LogP contribution in [0, 0.1) is 0 Å². The molecule has 2 aromatic rings. The van der Waals surface area contributed by atoms with E-state index in [9.17, 15) is 0 Å². The molecule has 88 valence electrons. The van der Waals surface area contributed by atoms with Gasteiger partial charge in [-0.1, -0.05) is 11.8 Å². The van der Waals surface area contributed by atoms with Gasteiger partial charge in [0, 0.05) is 34.5 Å². The molecule has 0 amide bonds. The third-order valence-electron chi connectivity index (χ3n) is 2.43. The summed E-state index contributed by atoms with van der Waals surface area (Å²) in [6, 6.07) is 16.8. The van der Waals surface area contributed by atoms with Crippen LogP contribution in [0.4, 0.5) is 5.69 Å². The molecule has 0 saturated carbocycles. The fourth-order valence-electron chi connectivity index (χ4n) is 1.46. The number of rotatable bonds is 3. The van der Waals surface area contributed by atoms with Gasteiger partial charge in [-0.3, -0.25) is 0 Å². The van der Waals surface area contributed by atoms with Crippen LogP contribution in [0.25, 0.3) is 0 Å². The van der Waals surface area contributed by atoms with E-state index in [1.165, 1.54) is 15.5 Å². The van der Waals surface area contributed by atoms with Crippen LogP contribution in [0.15, 0.2) is 63.2 Å². The summed E-state index contributed by atoms with van der Waals surface area (Å²) in [6.45, 7) is 0. The zero-order chi connectivity index (χ0) is 12.3. The monoisotopic (exact) mass is 261 g/mol. The third-order valence-corrected chi connectivity index (χ3v) is 3.74. The van der Waals surface area contributed by atoms with Gasteiger partial charge in [0.2, 0.25) is 0 Å². The zero-order valence-electron chi connectivity index (χ0n) is 9.92. The molecule has 0 aliphatic heterocycles. The Morgan fingerprint density at radius 1 is 0.824 bits per heavy atom. The van der Waals surface area contributed by atoms with Crippen molar-refractivity contribution in [2.75, 3.05) is 19.0 Å². The van der Waals surface area contributed by atoms with Crippen molar-refractivity contribution in [2.24, 2.45) is 0 Å². The SMILES string of the molecule is CN(C)c1ccc(Sc2ccc(S)cc2)cc1. The maximum Gasteiger partial charge on any atom is 0.0361 e. The molecule has 0 saturated heterocycles. The van der Waals surface area contributed by atoms with Gasteiger partial charge < -0.3 is 4.90 Å². The second kappa shape index (κ2) is 5.52. The first-order valence-electron chi connectivity index (χ1n) is 5.39. The van der Waals surface area contributed by atoms with Crippen molar-refractivity contribution in [1.82, 2.24) is 0 Å². The van der Waals surface area contributed by atoms with Gasteiger partial charge >= 0.3 is 0 Å². The molecular weight excluding hydrogens is 246 g/mol. The van der Waals surface area contributed by atoms with Crippen LogP contribution in [0.1, 0.15) is 0 Å². The molecule has 1 nitrogen and oxygen atoms in total. The Bertz CT molecular complexity index is 475. The van der Waals surface area contributed by atoms with Crippen LogP contribution < -0.4 is 4.90 Å². The van der Waals surface area contributed by atoms with E-state index >= 15 is 0 Å². The predicted octanol–water partition coefficient (Wildman–Crippen LogP) is 4.19. The van der Waals surface area contributed by atoms with Gasteiger partial charge in [-0.25, -0.2) is 0 Å². The van der Waals surface area contributed by atoms with E-state index in [1.807, 2.05) is 26.2 Å². The lowest BCUT2D eigenvalue weighted by atomic mass is 10.3. The summed E-state index contributed by atoms with van der Waals surface area (Å²) in [5.41, 5.74) is 1.22. The molecule has 0 aliphatic rings. The van der Waals surface area contributed by atoms with Crippen molar-refractivity contribution in [3.8, 4) is 0 Å². The first-order chi connectivity index (χ1) is 8.15. The van der Waals surface area contributed by atoms with Crippen molar-refractivity contribution in [2.45, 2.75) is 14.7 Å². The summed E-state index contributed by atoms with van der Waals surface area (Å²) >= 11 is 6.04.